The first kappa shape index (κ1) is 32.5. The summed E-state index contributed by atoms with van der Waals surface area (Å²) in [5.41, 5.74) is -1.47. The molecule has 228 valence electrons. The highest BCUT2D eigenvalue weighted by Crippen LogP contribution is 2.41. The largest absolute Gasteiger partial charge is 0.351 e. The van der Waals surface area contributed by atoms with Gasteiger partial charge in [0.05, 0.1) is 0 Å². The molecule has 2 aliphatic rings. The minimum atomic E-state index is -0.369. The molecule has 3 rings (SSSR count). The molecule has 0 aliphatic carbocycles. The van der Waals surface area contributed by atoms with Gasteiger partial charge in [0.15, 0.2) is 0 Å². The number of nitrogens with zero attached hydrogens (tertiary/aromatic N) is 5. The highest BCUT2D eigenvalue weighted by Gasteiger charge is 2.48. The number of anilines is 2. The van der Waals surface area contributed by atoms with Crippen molar-refractivity contribution < 1.29 is 9.59 Å². The molecule has 1 atom stereocenters. The highest BCUT2D eigenvalue weighted by molar-refractivity contribution is 5.89. The fraction of sp³-hybridized carbons (Fsp3) is 0.719. The van der Waals surface area contributed by atoms with Crippen LogP contribution in [0.25, 0.3) is 0 Å². The zero-order valence-corrected chi connectivity index (χ0v) is 27.1. The number of nitrogens with one attached hydrogen (secondary N) is 2. The van der Waals surface area contributed by atoms with Gasteiger partial charge in [-0.05, 0) is 99.1 Å². The van der Waals surface area contributed by atoms with Gasteiger partial charge in [0.1, 0.15) is 5.82 Å². The fourth-order valence-electron chi connectivity index (χ4n) is 7.60. The lowest BCUT2D eigenvalue weighted by Crippen LogP contribution is -2.64. The highest BCUT2D eigenvalue weighted by atomic mass is 16.2. The Kier molecular flexibility index (Phi) is 9.31. The molecule has 2 fully saturated rings. The Morgan fingerprint density at radius 1 is 0.780 bits per heavy atom. The third kappa shape index (κ3) is 7.28. The Balaban J connectivity index is 1.89. The van der Waals surface area contributed by atoms with Crippen LogP contribution in [-0.2, 0) is 16.0 Å². The van der Waals surface area contributed by atoms with Gasteiger partial charge in [-0.25, -0.2) is 0 Å². The van der Waals surface area contributed by atoms with Gasteiger partial charge in [0, 0.05) is 40.7 Å². The third-order valence-corrected chi connectivity index (χ3v) is 8.77. The number of hydrogen-bond donors (Lipinski definition) is 2. The summed E-state index contributed by atoms with van der Waals surface area (Å²) in [5, 5.41) is 7.22. The minimum Gasteiger partial charge on any atom is -0.351 e. The Hall–Kier alpha value is -2.97. The first-order chi connectivity index (χ1) is 18.8. The van der Waals surface area contributed by atoms with Gasteiger partial charge in [0.2, 0.25) is 23.7 Å². The average molecular weight is 568 g/mol. The molecule has 2 amide bonds. The number of likely N-dealkylation sites (tertiary alicyclic amines) is 2. The van der Waals surface area contributed by atoms with Crippen LogP contribution in [0.3, 0.4) is 0 Å². The van der Waals surface area contributed by atoms with Crippen LogP contribution < -0.4 is 10.6 Å². The summed E-state index contributed by atoms with van der Waals surface area (Å²) in [6.45, 7) is 28.6. The molecule has 0 spiro atoms. The topological polar surface area (TPSA) is 103 Å². The Labute approximate surface area is 247 Å². The zero-order chi connectivity index (χ0) is 31.0. The van der Waals surface area contributed by atoms with Crippen molar-refractivity contribution >= 4 is 23.7 Å². The molecule has 9 heteroatoms. The summed E-state index contributed by atoms with van der Waals surface area (Å²) in [6, 6.07) is 0.151. The lowest BCUT2D eigenvalue weighted by molar-refractivity contribution is -0.144. The Morgan fingerprint density at radius 2 is 1.12 bits per heavy atom. The minimum absolute atomic E-state index is 0.0485. The van der Waals surface area contributed by atoms with E-state index in [2.05, 4.69) is 93.0 Å². The summed E-state index contributed by atoms with van der Waals surface area (Å²) in [5.74, 6) is 2.21. The molecule has 0 bridgehead atoms. The molecule has 0 saturated carbocycles. The van der Waals surface area contributed by atoms with E-state index in [1.807, 2.05) is 9.80 Å². The summed E-state index contributed by atoms with van der Waals surface area (Å²) >= 11 is 0. The predicted molar refractivity (Wildman–Crippen MR) is 167 cm³/mol. The van der Waals surface area contributed by atoms with Crippen LogP contribution in [0.4, 0.5) is 11.9 Å². The van der Waals surface area contributed by atoms with Crippen molar-refractivity contribution in [3.8, 4) is 0 Å². The van der Waals surface area contributed by atoms with Crippen LogP contribution in [0, 0.1) is 5.92 Å². The quantitative estimate of drug-likeness (QED) is 0.366. The molecular weight excluding hydrogens is 514 g/mol. The molecule has 2 N–H and O–H groups in total. The second-order valence-electron chi connectivity index (χ2n) is 14.6. The van der Waals surface area contributed by atoms with Crippen molar-refractivity contribution in [2.75, 3.05) is 10.6 Å². The molecule has 2 saturated heterocycles. The van der Waals surface area contributed by atoms with E-state index in [0.29, 0.717) is 17.8 Å². The standard InChI is InChI=1S/C32H53N7O2/c1-13-21(4)16-24-35-27(33-22-17-29(5,6)38(25(40)14-2)30(7,8)18-22)37-28(36-24)34-23-19-31(9,10)39(26(41)15-3)32(11,12)20-23/h14-15,21-23H,2-3,13,16-20H2,1,4-12H3,(H2,33,34,35,36,37). The fourth-order valence-corrected chi connectivity index (χ4v) is 7.60. The second kappa shape index (κ2) is 11.7. The normalized spacial score (nSPS) is 22.5. The van der Waals surface area contributed by atoms with E-state index in [1.165, 1.54) is 12.2 Å². The molecule has 0 aromatic carbocycles. The smallest absolute Gasteiger partial charge is 0.246 e. The molecule has 1 unspecified atom stereocenters. The molecule has 1 aromatic rings. The maximum Gasteiger partial charge on any atom is 0.246 e. The zero-order valence-electron chi connectivity index (χ0n) is 27.1. The van der Waals surface area contributed by atoms with E-state index in [4.69, 9.17) is 15.0 Å². The summed E-state index contributed by atoms with van der Waals surface area (Å²) in [6.07, 6.45) is 7.62. The van der Waals surface area contributed by atoms with Gasteiger partial charge in [-0.1, -0.05) is 33.4 Å². The van der Waals surface area contributed by atoms with Gasteiger partial charge in [0.25, 0.3) is 0 Å². The molecule has 3 heterocycles. The Morgan fingerprint density at radius 3 is 1.41 bits per heavy atom. The molecule has 0 radical (unpaired) electrons. The number of carbonyl (C=O) groups excluding carboxylic acids is 2. The Bertz CT molecular complexity index is 1040. The molecule has 9 nitrogen and oxygen atoms in total. The summed E-state index contributed by atoms with van der Waals surface area (Å²) in [7, 11) is 0. The third-order valence-electron chi connectivity index (χ3n) is 8.77. The van der Waals surface area contributed by atoms with Crippen LogP contribution in [-0.4, -0.2) is 70.8 Å². The van der Waals surface area contributed by atoms with E-state index in [1.54, 1.807) is 0 Å². The van der Waals surface area contributed by atoms with Gasteiger partial charge < -0.3 is 20.4 Å². The van der Waals surface area contributed by atoms with E-state index < -0.39 is 0 Å². The number of aromatic nitrogens is 3. The first-order valence-electron chi connectivity index (χ1n) is 15.1. The van der Waals surface area contributed by atoms with E-state index in [9.17, 15) is 9.59 Å². The van der Waals surface area contributed by atoms with Gasteiger partial charge in [-0.3, -0.25) is 9.59 Å². The van der Waals surface area contributed by atoms with Crippen LogP contribution >= 0.6 is 0 Å². The average Bonchev–Trinajstić information content (AvgIpc) is 2.80. The van der Waals surface area contributed by atoms with E-state index in [0.717, 1.165) is 44.3 Å². The molecule has 1 aromatic heterocycles. The van der Waals surface area contributed by atoms with Crippen molar-refractivity contribution in [3.05, 3.63) is 31.1 Å². The van der Waals surface area contributed by atoms with E-state index in [-0.39, 0.29) is 46.1 Å². The lowest BCUT2D eigenvalue weighted by Gasteiger charge is -2.55. The monoisotopic (exact) mass is 567 g/mol. The van der Waals surface area contributed by atoms with Crippen molar-refractivity contribution in [2.24, 2.45) is 5.92 Å². The first-order valence-corrected chi connectivity index (χ1v) is 15.1. The summed E-state index contributed by atoms with van der Waals surface area (Å²) < 4.78 is 0. The van der Waals surface area contributed by atoms with Crippen molar-refractivity contribution in [1.82, 2.24) is 24.8 Å². The molecular formula is C32H53N7O2. The second-order valence-corrected chi connectivity index (χ2v) is 14.6. The van der Waals surface area contributed by atoms with Crippen LogP contribution in [0.2, 0.25) is 0 Å². The summed E-state index contributed by atoms with van der Waals surface area (Å²) in [4.78, 5) is 44.0. The maximum atomic E-state index is 12.8. The van der Waals surface area contributed by atoms with Crippen LogP contribution in [0.1, 0.15) is 107 Å². The van der Waals surface area contributed by atoms with Gasteiger partial charge >= 0.3 is 0 Å². The number of hydrogen-bond acceptors (Lipinski definition) is 7. The molecule has 2 aliphatic heterocycles. The van der Waals surface area contributed by atoms with Crippen molar-refractivity contribution in [1.29, 1.82) is 0 Å². The van der Waals surface area contributed by atoms with Crippen LogP contribution in [0.15, 0.2) is 25.3 Å². The number of piperidine rings is 2. The van der Waals surface area contributed by atoms with Gasteiger partial charge in [-0.2, -0.15) is 15.0 Å². The number of amides is 2. The lowest BCUT2D eigenvalue weighted by atomic mass is 9.77. The maximum absolute atomic E-state index is 12.8. The predicted octanol–water partition coefficient (Wildman–Crippen LogP) is 5.75. The van der Waals surface area contributed by atoms with Crippen molar-refractivity contribution in [2.45, 2.75) is 142 Å². The number of carbonyl (C=O) groups is 2. The van der Waals surface area contributed by atoms with Crippen LogP contribution in [0.5, 0.6) is 0 Å². The van der Waals surface area contributed by atoms with Crippen molar-refractivity contribution in [3.63, 3.8) is 0 Å². The number of rotatable bonds is 9. The SMILES string of the molecule is C=CC(=O)N1C(C)(C)CC(Nc2nc(CC(C)CC)nc(NC3CC(C)(C)N(C(=O)C=C)C(C)(C)C3)n2)CC1(C)C. The van der Waals surface area contributed by atoms with E-state index >= 15 is 0 Å². The molecule has 41 heavy (non-hydrogen) atoms. The van der Waals surface area contributed by atoms with Gasteiger partial charge in [-0.15, -0.1) is 0 Å².